The third-order valence-electron chi connectivity index (χ3n) is 2.56. The van der Waals surface area contributed by atoms with Crippen molar-refractivity contribution >= 4 is 26.9 Å². The normalized spacial score (nSPS) is 26.5. The molecule has 0 aliphatic carbocycles. The first kappa shape index (κ1) is 12.3. The molecule has 88 valence electrons. The number of halogens is 1. The van der Waals surface area contributed by atoms with E-state index >= 15 is 0 Å². The van der Waals surface area contributed by atoms with Crippen molar-refractivity contribution in [3.05, 3.63) is 34.3 Å². The Morgan fingerprint density at radius 1 is 1.31 bits per heavy atom. The maximum absolute atomic E-state index is 12.1. The molecule has 4 heteroatoms. The molecule has 0 amide bonds. The predicted octanol–water partition coefficient (Wildman–Crippen LogP) is 3.27. The number of hydrogen-bond donors (Lipinski definition) is 0. The van der Waals surface area contributed by atoms with Crippen molar-refractivity contribution in [2.75, 3.05) is 6.54 Å². The van der Waals surface area contributed by atoms with Crippen LogP contribution in [-0.2, 0) is 11.0 Å². The van der Waals surface area contributed by atoms with Gasteiger partial charge in [-0.2, -0.15) is 0 Å². The van der Waals surface area contributed by atoms with E-state index in [0.717, 1.165) is 11.0 Å². The highest BCUT2D eigenvalue weighted by atomic mass is 79.9. The van der Waals surface area contributed by atoms with E-state index in [1.165, 1.54) is 5.56 Å². The predicted molar refractivity (Wildman–Crippen MR) is 71.5 cm³/mol. The summed E-state index contributed by atoms with van der Waals surface area (Å²) in [5.41, 5.74) is 1.25. The molecule has 0 bridgehead atoms. The molecule has 16 heavy (non-hydrogen) atoms. The molecule has 1 fully saturated rings. The van der Waals surface area contributed by atoms with Gasteiger partial charge in [0, 0.05) is 11.0 Å². The fourth-order valence-electron chi connectivity index (χ4n) is 1.61. The lowest BCUT2D eigenvalue weighted by molar-refractivity contribution is 0.607. The van der Waals surface area contributed by atoms with Crippen molar-refractivity contribution in [1.29, 1.82) is 0 Å². The Kier molecular flexibility index (Phi) is 3.25. The molecule has 2 rings (SSSR count). The lowest BCUT2D eigenvalue weighted by Gasteiger charge is -2.18. The van der Waals surface area contributed by atoms with Gasteiger partial charge in [-0.15, -0.1) is 0 Å². The van der Waals surface area contributed by atoms with E-state index in [0.29, 0.717) is 6.04 Å². The molecule has 1 heterocycles. The molecule has 0 N–H and O–H groups in total. The highest BCUT2D eigenvalue weighted by molar-refractivity contribution is 9.10. The van der Waals surface area contributed by atoms with Crippen molar-refractivity contribution in [1.82, 2.24) is 4.31 Å². The summed E-state index contributed by atoms with van der Waals surface area (Å²) in [6.45, 7) is 6.95. The molecule has 3 atom stereocenters. The molecule has 1 aromatic carbocycles. The third kappa shape index (κ3) is 2.55. The largest absolute Gasteiger partial charge is 0.242 e. The van der Waals surface area contributed by atoms with E-state index < -0.39 is 11.0 Å². The molecule has 0 saturated carbocycles. The Bertz CT molecular complexity index is 410. The first-order chi connectivity index (χ1) is 7.39. The Morgan fingerprint density at radius 2 is 1.88 bits per heavy atom. The van der Waals surface area contributed by atoms with Crippen LogP contribution in [0, 0.1) is 0 Å². The van der Waals surface area contributed by atoms with Gasteiger partial charge in [0.05, 0.1) is 10.8 Å². The van der Waals surface area contributed by atoms with Crippen LogP contribution in [0.25, 0.3) is 0 Å². The quantitative estimate of drug-likeness (QED) is 0.768. The summed E-state index contributed by atoms with van der Waals surface area (Å²) in [5, 5.41) is 0. The maximum atomic E-state index is 12.1. The van der Waals surface area contributed by atoms with Crippen molar-refractivity contribution in [2.45, 2.75) is 31.6 Å². The van der Waals surface area contributed by atoms with Crippen LogP contribution < -0.4 is 0 Å². The van der Waals surface area contributed by atoms with Gasteiger partial charge in [0.1, 0.15) is 11.0 Å². The minimum atomic E-state index is -0.892. The van der Waals surface area contributed by atoms with Gasteiger partial charge in [-0.1, -0.05) is 28.1 Å². The fraction of sp³-hybridized carbons (Fsp3) is 0.500. The van der Waals surface area contributed by atoms with Crippen LogP contribution >= 0.6 is 15.9 Å². The van der Waals surface area contributed by atoms with E-state index in [2.05, 4.69) is 28.1 Å². The summed E-state index contributed by atoms with van der Waals surface area (Å²) in [6.07, 6.45) is 0. The molecular weight excluding hydrogens is 286 g/mol. The van der Waals surface area contributed by atoms with Crippen molar-refractivity contribution < 1.29 is 4.21 Å². The van der Waals surface area contributed by atoms with Gasteiger partial charge in [-0.25, -0.2) is 8.51 Å². The SMILES string of the molecule is CC(C)(C)S(=O)N1C[C@H]1c1ccc(Br)cc1. The minimum absolute atomic E-state index is 0.163. The van der Waals surface area contributed by atoms with E-state index in [9.17, 15) is 4.21 Å². The average Bonchev–Trinajstić information content (AvgIpc) is 2.96. The summed E-state index contributed by atoms with van der Waals surface area (Å²) < 4.78 is 15.1. The summed E-state index contributed by atoms with van der Waals surface area (Å²) in [7, 11) is -0.892. The van der Waals surface area contributed by atoms with Crippen LogP contribution in [0.5, 0.6) is 0 Å². The second-order valence-electron chi connectivity index (χ2n) is 5.03. The standard InChI is InChI=1S/C12H16BrNOS/c1-12(2,3)16(15)14-8-11(14)9-4-6-10(13)7-5-9/h4-7,11H,8H2,1-3H3/t11-,14?,16?/m0/s1. The molecule has 1 aliphatic rings. The topological polar surface area (TPSA) is 20.1 Å². The average molecular weight is 302 g/mol. The second kappa shape index (κ2) is 4.24. The highest BCUT2D eigenvalue weighted by Crippen LogP contribution is 2.39. The first-order valence-electron chi connectivity index (χ1n) is 5.34. The minimum Gasteiger partial charge on any atom is -0.242 e. The first-order valence-corrected chi connectivity index (χ1v) is 7.23. The molecule has 0 spiro atoms. The molecule has 0 aromatic heterocycles. The van der Waals surface area contributed by atoms with Gasteiger partial charge in [-0.05, 0) is 38.5 Å². The van der Waals surface area contributed by atoms with Crippen LogP contribution in [0.3, 0.4) is 0 Å². The molecule has 2 nitrogen and oxygen atoms in total. The van der Waals surface area contributed by atoms with Gasteiger partial charge in [0.15, 0.2) is 0 Å². The molecule has 0 radical (unpaired) electrons. The van der Waals surface area contributed by atoms with Crippen LogP contribution in [-0.4, -0.2) is 19.8 Å². The Hall–Kier alpha value is -0.190. The number of rotatable bonds is 2. The zero-order chi connectivity index (χ0) is 11.9. The Balaban J connectivity index is 2.07. The summed E-state index contributed by atoms with van der Waals surface area (Å²) in [5.74, 6) is 0. The monoisotopic (exact) mass is 301 g/mol. The van der Waals surface area contributed by atoms with Crippen LogP contribution in [0.4, 0.5) is 0 Å². The second-order valence-corrected chi connectivity index (χ2v) is 8.14. The van der Waals surface area contributed by atoms with Crippen molar-refractivity contribution in [3.8, 4) is 0 Å². The summed E-state index contributed by atoms with van der Waals surface area (Å²) in [6, 6.07) is 8.59. The van der Waals surface area contributed by atoms with Gasteiger partial charge < -0.3 is 0 Å². The van der Waals surface area contributed by atoms with E-state index in [-0.39, 0.29) is 4.75 Å². The smallest absolute Gasteiger partial charge is 0.100 e. The molecule has 1 aromatic rings. The molecule has 1 aliphatic heterocycles. The summed E-state index contributed by atoms with van der Waals surface area (Å²) >= 11 is 3.42. The van der Waals surface area contributed by atoms with Gasteiger partial charge in [-0.3, -0.25) is 0 Å². The Labute approximate surface area is 108 Å². The zero-order valence-corrected chi connectivity index (χ0v) is 12.1. The van der Waals surface area contributed by atoms with Crippen molar-refractivity contribution in [3.63, 3.8) is 0 Å². The number of nitrogens with zero attached hydrogens (tertiary/aromatic N) is 1. The van der Waals surface area contributed by atoms with E-state index in [1.54, 1.807) is 0 Å². The van der Waals surface area contributed by atoms with Gasteiger partial charge >= 0.3 is 0 Å². The lowest BCUT2D eigenvalue weighted by Crippen LogP contribution is -2.27. The van der Waals surface area contributed by atoms with Gasteiger partial charge in [0.25, 0.3) is 0 Å². The number of benzene rings is 1. The Morgan fingerprint density at radius 3 is 2.38 bits per heavy atom. The number of hydrogen-bond acceptors (Lipinski definition) is 1. The van der Waals surface area contributed by atoms with Crippen LogP contribution in [0.15, 0.2) is 28.7 Å². The summed E-state index contributed by atoms with van der Waals surface area (Å²) in [4.78, 5) is 0. The highest BCUT2D eigenvalue weighted by Gasteiger charge is 2.43. The third-order valence-corrected chi connectivity index (χ3v) is 4.96. The van der Waals surface area contributed by atoms with Crippen molar-refractivity contribution in [2.24, 2.45) is 0 Å². The van der Waals surface area contributed by atoms with Crippen LogP contribution in [0.2, 0.25) is 0 Å². The van der Waals surface area contributed by atoms with Crippen LogP contribution in [0.1, 0.15) is 32.4 Å². The lowest BCUT2D eigenvalue weighted by atomic mass is 10.2. The zero-order valence-electron chi connectivity index (χ0n) is 9.74. The van der Waals surface area contributed by atoms with E-state index in [4.69, 9.17) is 0 Å². The van der Waals surface area contributed by atoms with E-state index in [1.807, 2.05) is 37.2 Å². The molecule has 1 saturated heterocycles. The maximum Gasteiger partial charge on any atom is 0.100 e. The molecule has 2 unspecified atom stereocenters. The molecular formula is C12H16BrNOS. The van der Waals surface area contributed by atoms with Gasteiger partial charge in [0.2, 0.25) is 0 Å². The fourth-order valence-corrected chi connectivity index (χ4v) is 3.21.